The molecule has 0 spiro atoms. The zero-order valence-electron chi connectivity index (χ0n) is 17.1. The fourth-order valence-electron chi connectivity index (χ4n) is 3.04. The number of aliphatic hydroxyl groups excluding tert-OH is 1. The van der Waals surface area contributed by atoms with Gasteiger partial charge in [-0.05, 0) is 60.5 Å². The smallest absolute Gasteiger partial charge is 0.310 e. The van der Waals surface area contributed by atoms with Gasteiger partial charge in [-0.3, -0.25) is 9.10 Å². The normalized spacial score (nSPS) is 16.5. The number of nitrogens with zero attached hydrogens (tertiary/aromatic N) is 2. The molecule has 1 N–H and O–H groups in total. The maximum Gasteiger partial charge on any atom is 0.310 e. The van der Waals surface area contributed by atoms with Gasteiger partial charge in [0.05, 0.1) is 25.3 Å². The number of rotatable bonds is 5. The van der Waals surface area contributed by atoms with E-state index in [1.165, 1.54) is 12.3 Å². The summed E-state index contributed by atoms with van der Waals surface area (Å²) in [6.07, 6.45) is 0.586. The number of fused-ring (bicyclic) bond motifs is 1. The number of sulfonamides is 1. The standard InChI is InChI=1S/C20H22BrClN2O6S/c1-20(2,3)30-18(26)7-12-4-5-16-15(6-12)24(10-14(11-25)29-16)31(27,28)17-8-13(21)9-23-19(17)22/h4-6,8-9,14,25H,7,10-11H2,1-3H3/t14-/m1/s1. The second kappa shape index (κ2) is 8.93. The number of hydrogen-bond donors (Lipinski definition) is 1. The summed E-state index contributed by atoms with van der Waals surface area (Å²) in [4.78, 5) is 15.9. The largest absolute Gasteiger partial charge is 0.484 e. The van der Waals surface area contributed by atoms with Crippen molar-refractivity contribution in [3.63, 3.8) is 0 Å². The molecule has 168 valence electrons. The Hall–Kier alpha value is -1.88. The number of hydrogen-bond acceptors (Lipinski definition) is 7. The molecule has 1 atom stereocenters. The quantitative estimate of drug-likeness (QED) is 0.464. The molecule has 11 heteroatoms. The van der Waals surface area contributed by atoms with Crippen LogP contribution in [0.25, 0.3) is 0 Å². The van der Waals surface area contributed by atoms with Crippen LogP contribution in [0.4, 0.5) is 5.69 Å². The SMILES string of the molecule is CC(C)(C)OC(=O)Cc1ccc2c(c1)N(S(=O)(=O)c1cc(Br)cnc1Cl)C[C@H](CO)O2. The van der Waals surface area contributed by atoms with Crippen LogP contribution in [-0.2, 0) is 26.0 Å². The van der Waals surface area contributed by atoms with Crippen molar-refractivity contribution < 1.29 is 27.8 Å². The molecule has 0 saturated heterocycles. The molecule has 1 aliphatic heterocycles. The minimum absolute atomic E-state index is 0.0406. The molecule has 0 radical (unpaired) electrons. The average Bonchev–Trinajstić information content (AvgIpc) is 2.67. The molecular weight excluding hydrogens is 512 g/mol. The molecule has 0 saturated carbocycles. The lowest BCUT2D eigenvalue weighted by atomic mass is 10.1. The predicted octanol–water partition coefficient (Wildman–Crippen LogP) is 3.33. The first-order chi connectivity index (χ1) is 14.4. The Kier molecular flexibility index (Phi) is 6.85. The van der Waals surface area contributed by atoms with E-state index in [1.54, 1.807) is 39.0 Å². The highest BCUT2D eigenvalue weighted by Crippen LogP contribution is 2.39. The summed E-state index contributed by atoms with van der Waals surface area (Å²) in [6, 6.07) is 6.14. The van der Waals surface area contributed by atoms with Gasteiger partial charge in [-0.25, -0.2) is 13.4 Å². The third-order valence-corrected chi connectivity index (χ3v) is 6.91. The molecule has 2 aromatic rings. The molecule has 2 heterocycles. The first kappa shape index (κ1) is 23.8. The number of ether oxygens (including phenoxy) is 2. The number of carbonyl (C=O) groups excluding carboxylic acids is 1. The Balaban J connectivity index is 2.03. The van der Waals surface area contributed by atoms with E-state index in [9.17, 15) is 18.3 Å². The number of pyridine rings is 1. The maximum atomic E-state index is 13.5. The van der Waals surface area contributed by atoms with Crippen LogP contribution in [0.1, 0.15) is 26.3 Å². The van der Waals surface area contributed by atoms with E-state index >= 15 is 0 Å². The van der Waals surface area contributed by atoms with Crippen LogP contribution in [-0.4, -0.2) is 49.3 Å². The van der Waals surface area contributed by atoms with Gasteiger partial charge in [0.25, 0.3) is 10.0 Å². The van der Waals surface area contributed by atoms with Crippen molar-refractivity contribution in [3.8, 4) is 5.75 Å². The van der Waals surface area contributed by atoms with E-state index in [4.69, 9.17) is 21.1 Å². The monoisotopic (exact) mass is 532 g/mol. The Labute approximate surface area is 194 Å². The highest BCUT2D eigenvalue weighted by Gasteiger charge is 2.36. The third kappa shape index (κ3) is 5.49. The summed E-state index contributed by atoms with van der Waals surface area (Å²) in [7, 11) is -4.14. The number of aliphatic hydroxyl groups is 1. The minimum atomic E-state index is -4.14. The molecule has 0 amide bonds. The molecule has 3 rings (SSSR count). The van der Waals surface area contributed by atoms with Crippen molar-refractivity contribution in [2.24, 2.45) is 0 Å². The topological polar surface area (TPSA) is 106 Å². The van der Waals surface area contributed by atoms with Gasteiger partial charge in [0, 0.05) is 10.7 Å². The van der Waals surface area contributed by atoms with Crippen LogP contribution in [0.3, 0.4) is 0 Å². The number of benzene rings is 1. The van der Waals surface area contributed by atoms with E-state index in [0.29, 0.717) is 10.0 Å². The summed E-state index contributed by atoms with van der Waals surface area (Å²) >= 11 is 9.29. The number of carbonyl (C=O) groups is 1. The zero-order valence-corrected chi connectivity index (χ0v) is 20.3. The summed E-state index contributed by atoms with van der Waals surface area (Å²) in [5, 5.41) is 9.42. The van der Waals surface area contributed by atoms with Gasteiger partial charge in [-0.2, -0.15) is 0 Å². The maximum absolute atomic E-state index is 13.5. The Bertz CT molecular complexity index is 1100. The lowest BCUT2D eigenvalue weighted by Gasteiger charge is -2.35. The highest BCUT2D eigenvalue weighted by molar-refractivity contribution is 9.10. The number of esters is 1. The molecule has 0 aliphatic carbocycles. The van der Waals surface area contributed by atoms with Crippen molar-refractivity contribution in [3.05, 3.63) is 45.7 Å². The summed E-state index contributed by atoms with van der Waals surface area (Å²) < 4.78 is 39.5. The van der Waals surface area contributed by atoms with E-state index in [0.717, 1.165) is 4.31 Å². The van der Waals surface area contributed by atoms with Crippen molar-refractivity contribution in [2.75, 3.05) is 17.5 Å². The third-order valence-electron chi connectivity index (χ3n) is 4.27. The van der Waals surface area contributed by atoms with E-state index in [1.807, 2.05) is 0 Å². The van der Waals surface area contributed by atoms with Gasteiger partial charge >= 0.3 is 5.97 Å². The number of halogens is 2. The van der Waals surface area contributed by atoms with Crippen LogP contribution < -0.4 is 9.04 Å². The van der Waals surface area contributed by atoms with Gasteiger partial charge in [0.15, 0.2) is 0 Å². The van der Waals surface area contributed by atoms with E-state index in [-0.39, 0.29) is 41.1 Å². The van der Waals surface area contributed by atoms with Gasteiger partial charge < -0.3 is 14.6 Å². The molecular formula is C20H22BrClN2O6S. The van der Waals surface area contributed by atoms with Gasteiger partial charge in [-0.1, -0.05) is 17.7 Å². The van der Waals surface area contributed by atoms with Crippen LogP contribution in [0.15, 0.2) is 39.8 Å². The Morgan fingerprint density at radius 3 is 2.74 bits per heavy atom. The molecule has 0 fully saturated rings. The first-order valence-electron chi connectivity index (χ1n) is 9.37. The summed E-state index contributed by atoms with van der Waals surface area (Å²) in [5.41, 5.74) is 0.155. The first-order valence-corrected chi connectivity index (χ1v) is 12.0. The van der Waals surface area contributed by atoms with Crippen LogP contribution in [0, 0.1) is 0 Å². The van der Waals surface area contributed by atoms with Gasteiger partial charge in [0.2, 0.25) is 0 Å². The molecule has 1 aromatic heterocycles. The lowest BCUT2D eigenvalue weighted by Crippen LogP contribution is -2.45. The van der Waals surface area contributed by atoms with Crippen LogP contribution in [0.5, 0.6) is 5.75 Å². The average molecular weight is 534 g/mol. The molecule has 1 aromatic carbocycles. The predicted molar refractivity (Wildman–Crippen MR) is 119 cm³/mol. The summed E-state index contributed by atoms with van der Waals surface area (Å²) in [5.74, 6) is -0.174. The number of aromatic nitrogens is 1. The molecule has 0 unspecified atom stereocenters. The van der Waals surface area contributed by atoms with Crippen molar-refractivity contribution in [1.29, 1.82) is 0 Å². The van der Waals surface area contributed by atoms with Gasteiger partial charge in [0.1, 0.15) is 27.5 Å². The fourth-order valence-corrected chi connectivity index (χ4v) is 5.46. The van der Waals surface area contributed by atoms with Crippen molar-refractivity contribution in [2.45, 2.75) is 43.8 Å². The van der Waals surface area contributed by atoms with Crippen LogP contribution in [0.2, 0.25) is 5.15 Å². The zero-order chi connectivity index (χ0) is 23.0. The molecule has 31 heavy (non-hydrogen) atoms. The van der Waals surface area contributed by atoms with Crippen molar-refractivity contribution >= 4 is 49.2 Å². The van der Waals surface area contributed by atoms with Gasteiger partial charge in [-0.15, -0.1) is 0 Å². The second-order valence-electron chi connectivity index (χ2n) is 7.97. The lowest BCUT2D eigenvalue weighted by molar-refractivity contribution is -0.153. The minimum Gasteiger partial charge on any atom is -0.484 e. The van der Waals surface area contributed by atoms with E-state index < -0.39 is 27.7 Å². The fraction of sp³-hybridized carbons (Fsp3) is 0.400. The Morgan fingerprint density at radius 2 is 2.10 bits per heavy atom. The molecule has 8 nitrogen and oxygen atoms in total. The number of anilines is 1. The highest BCUT2D eigenvalue weighted by atomic mass is 79.9. The van der Waals surface area contributed by atoms with E-state index in [2.05, 4.69) is 20.9 Å². The van der Waals surface area contributed by atoms with Crippen molar-refractivity contribution in [1.82, 2.24) is 4.98 Å². The molecule has 1 aliphatic rings. The van der Waals surface area contributed by atoms with Crippen LogP contribution >= 0.6 is 27.5 Å². The summed E-state index contributed by atoms with van der Waals surface area (Å²) in [6.45, 7) is 4.79. The molecule has 0 bridgehead atoms. The Morgan fingerprint density at radius 1 is 1.39 bits per heavy atom. The second-order valence-corrected chi connectivity index (χ2v) is 11.1.